The maximum atomic E-state index is 12.1. The number of aliphatic imine (C=N–C) groups is 1. The summed E-state index contributed by atoms with van der Waals surface area (Å²) in [4.78, 5) is 29.9. The molecule has 2 amide bonds. The van der Waals surface area contributed by atoms with Gasteiger partial charge >= 0.3 is 0 Å². The van der Waals surface area contributed by atoms with Crippen LogP contribution in [-0.2, 0) is 13.0 Å². The molecule has 2 rings (SSSR count). The second-order valence-electron chi connectivity index (χ2n) is 7.06. The maximum absolute atomic E-state index is 12.1. The highest BCUT2D eigenvalue weighted by Crippen LogP contribution is 2.08. The Balaban J connectivity index is 0.00000480. The summed E-state index contributed by atoms with van der Waals surface area (Å²) < 4.78 is 0. The van der Waals surface area contributed by atoms with Gasteiger partial charge in [0.25, 0.3) is 11.8 Å². The van der Waals surface area contributed by atoms with E-state index in [0.717, 1.165) is 17.5 Å². The van der Waals surface area contributed by atoms with Crippen LogP contribution in [0.15, 0.2) is 53.5 Å². The number of nitrogens with one attached hydrogen (secondary N) is 3. The molecule has 7 nitrogen and oxygen atoms in total. The maximum Gasteiger partial charge on any atom is 0.253 e. The summed E-state index contributed by atoms with van der Waals surface area (Å²) in [5.74, 6) is 0.605. The van der Waals surface area contributed by atoms with E-state index in [4.69, 9.17) is 0 Å². The number of rotatable bonds is 8. The van der Waals surface area contributed by atoms with Gasteiger partial charge in [-0.1, -0.05) is 24.3 Å². The summed E-state index contributed by atoms with van der Waals surface area (Å²) in [5.41, 5.74) is 3.41. The van der Waals surface area contributed by atoms with Crippen LogP contribution in [0.2, 0.25) is 0 Å². The number of amides is 2. The zero-order valence-corrected chi connectivity index (χ0v) is 20.9. The van der Waals surface area contributed by atoms with E-state index in [1.165, 1.54) is 0 Å². The zero-order chi connectivity index (χ0) is 21.9. The summed E-state index contributed by atoms with van der Waals surface area (Å²) in [6, 6.07) is 15.2. The largest absolute Gasteiger partial charge is 0.356 e. The third-order valence-electron chi connectivity index (χ3n) is 4.50. The van der Waals surface area contributed by atoms with E-state index < -0.39 is 0 Å². The fourth-order valence-corrected chi connectivity index (χ4v) is 2.93. The first kappa shape index (κ1) is 26.4. The normalized spacial score (nSPS) is 10.6. The Hall–Kier alpha value is -2.62. The third kappa shape index (κ3) is 8.56. The minimum Gasteiger partial charge on any atom is -0.356 e. The van der Waals surface area contributed by atoms with Crippen LogP contribution in [-0.4, -0.2) is 56.9 Å². The molecular weight excluding hydrogens is 505 g/mol. The molecule has 0 bridgehead atoms. The van der Waals surface area contributed by atoms with Gasteiger partial charge in [-0.2, -0.15) is 0 Å². The van der Waals surface area contributed by atoms with Crippen LogP contribution in [0.3, 0.4) is 0 Å². The van der Waals surface area contributed by atoms with Crippen molar-refractivity contribution in [3.63, 3.8) is 0 Å². The lowest BCUT2D eigenvalue weighted by atomic mass is 10.1. The van der Waals surface area contributed by atoms with Gasteiger partial charge in [-0.25, -0.2) is 0 Å². The van der Waals surface area contributed by atoms with E-state index in [1.807, 2.05) is 49.4 Å². The molecular formula is C23H32IN5O2. The Labute approximate surface area is 201 Å². The van der Waals surface area contributed by atoms with Crippen LogP contribution in [0.25, 0.3) is 0 Å². The van der Waals surface area contributed by atoms with Crippen LogP contribution in [0, 0.1) is 0 Å². The predicted octanol–water partition coefficient (Wildman–Crippen LogP) is 2.66. The fraction of sp³-hybridized carbons (Fsp3) is 0.348. The number of halogens is 1. The van der Waals surface area contributed by atoms with Crippen molar-refractivity contribution >= 4 is 41.8 Å². The van der Waals surface area contributed by atoms with Gasteiger partial charge < -0.3 is 20.9 Å². The second kappa shape index (κ2) is 13.6. The first-order valence-electron chi connectivity index (χ1n) is 10.1. The van der Waals surface area contributed by atoms with Crippen LogP contribution < -0.4 is 16.0 Å². The monoisotopic (exact) mass is 537 g/mol. The molecule has 168 valence electrons. The zero-order valence-electron chi connectivity index (χ0n) is 18.6. The van der Waals surface area contributed by atoms with Crippen LogP contribution >= 0.6 is 24.0 Å². The predicted molar refractivity (Wildman–Crippen MR) is 136 cm³/mol. The molecule has 0 aliphatic heterocycles. The molecule has 0 aromatic heterocycles. The van der Waals surface area contributed by atoms with Crippen molar-refractivity contribution in [3.8, 4) is 0 Å². The highest BCUT2D eigenvalue weighted by atomic mass is 127. The molecule has 0 spiro atoms. The molecule has 0 saturated carbocycles. The highest BCUT2D eigenvalue weighted by Gasteiger charge is 2.08. The average Bonchev–Trinajstić information content (AvgIpc) is 2.76. The molecule has 2 aromatic carbocycles. The van der Waals surface area contributed by atoms with Crippen LogP contribution in [0.5, 0.6) is 0 Å². The van der Waals surface area contributed by atoms with Gasteiger partial charge in [0.05, 0.1) is 0 Å². The standard InChI is InChI=1S/C23H31N5O2.HI/c1-5-25-21(29)19-10-7-9-18(15-19)16-27-23(24-2)26-13-12-17-8-6-11-20(14-17)22(30)28(3)4;/h6-11,14-15H,5,12-13,16H2,1-4H3,(H,25,29)(H2,24,26,27);1H. The van der Waals surface area contributed by atoms with Crippen molar-refractivity contribution < 1.29 is 9.59 Å². The van der Waals surface area contributed by atoms with Crippen molar-refractivity contribution in [1.82, 2.24) is 20.9 Å². The van der Waals surface area contributed by atoms with Crippen LogP contribution in [0.1, 0.15) is 38.8 Å². The number of hydrogen-bond donors (Lipinski definition) is 3. The molecule has 3 N–H and O–H groups in total. The first-order chi connectivity index (χ1) is 14.4. The summed E-state index contributed by atoms with van der Waals surface area (Å²) in [7, 11) is 5.22. The van der Waals surface area contributed by atoms with Gasteiger partial charge in [-0.05, 0) is 48.7 Å². The average molecular weight is 537 g/mol. The molecule has 0 atom stereocenters. The Morgan fingerprint density at radius 2 is 1.58 bits per heavy atom. The molecule has 8 heteroatoms. The lowest BCUT2D eigenvalue weighted by molar-refractivity contribution is 0.0827. The SMILES string of the molecule is CCNC(=O)c1cccc(CNC(=NC)NCCc2cccc(C(=O)N(C)C)c2)c1.I. The van der Waals surface area contributed by atoms with E-state index in [2.05, 4.69) is 20.9 Å². The topological polar surface area (TPSA) is 85.8 Å². The number of hydrogen-bond acceptors (Lipinski definition) is 3. The quantitative estimate of drug-likeness (QED) is 0.275. The molecule has 0 aliphatic rings. The first-order valence-corrected chi connectivity index (χ1v) is 10.1. The van der Waals surface area contributed by atoms with Crippen molar-refractivity contribution in [1.29, 1.82) is 0 Å². The van der Waals surface area contributed by atoms with E-state index in [9.17, 15) is 9.59 Å². The van der Waals surface area contributed by atoms with Gasteiger partial charge in [0.1, 0.15) is 0 Å². The van der Waals surface area contributed by atoms with Crippen molar-refractivity contribution in [2.24, 2.45) is 4.99 Å². The van der Waals surface area contributed by atoms with E-state index in [-0.39, 0.29) is 35.8 Å². The van der Waals surface area contributed by atoms with Crippen molar-refractivity contribution in [3.05, 3.63) is 70.8 Å². The Kier molecular flexibility index (Phi) is 11.6. The van der Waals surface area contributed by atoms with Crippen molar-refractivity contribution in [2.75, 3.05) is 34.2 Å². The third-order valence-corrected chi connectivity index (χ3v) is 4.50. The van der Waals surface area contributed by atoms with Gasteiger partial charge in [0.2, 0.25) is 0 Å². The Morgan fingerprint density at radius 3 is 2.23 bits per heavy atom. The minimum absolute atomic E-state index is 0. The summed E-state index contributed by atoms with van der Waals surface area (Å²) >= 11 is 0. The smallest absolute Gasteiger partial charge is 0.253 e. The van der Waals surface area contributed by atoms with Gasteiger partial charge in [-0.15, -0.1) is 24.0 Å². The van der Waals surface area contributed by atoms with Crippen LogP contribution in [0.4, 0.5) is 0 Å². The Morgan fingerprint density at radius 1 is 0.935 bits per heavy atom. The summed E-state index contributed by atoms with van der Waals surface area (Å²) in [6.45, 7) is 3.73. The molecule has 0 saturated heterocycles. The number of carbonyl (C=O) groups excluding carboxylic acids is 2. The lowest BCUT2D eigenvalue weighted by Crippen LogP contribution is -2.37. The molecule has 0 fully saturated rings. The van der Waals surface area contributed by atoms with Gasteiger partial charge in [-0.3, -0.25) is 14.6 Å². The molecule has 31 heavy (non-hydrogen) atoms. The van der Waals surface area contributed by atoms with Gasteiger partial charge in [0.15, 0.2) is 5.96 Å². The minimum atomic E-state index is -0.0724. The molecule has 0 unspecified atom stereocenters. The fourth-order valence-electron chi connectivity index (χ4n) is 2.93. The molecule has 2 aromatic rings. The summed E-state index contributed by atoms with van der Waals surface area (Å²) in [5, 5.41) is 9.35. The van der Waals surface area contributed by atoms with E-state index in [1.54, 1.807) is 32.1 Å². The lowest BCUT2D eigenvalue weighted by Gasteiger charge is -2.13. The van der Waals surface area contributed by atoms with Crippen molar-refractivity contribution in [2.45, 2.75) is 19.9 Å². The van der Waals surface area contributed by atoms with Gasteiger partial charge in [0, 0.05) is 51.9 Å². The second-order valence-corrected chi connectivity index (χ2v) is 7.06. The van der Waals surface area contributed by atoms with E-state index in [0.29, 0.717) is 36.7 Å². The number of nitrogens with zero attached hydrogens (tertiary/aromatic N) is 2. The number of guanidine groups is 1. The molecule has 0 heterocycles. The summed E-state index contributed by atoms with van der Waals surface area (Å²) in [6.07, 6.45) is 0.766. The number of carbonyl (C=O) groups is 2. The number of benzene rings is 2. The molecule has 0 aliphatic carbocycles. The Bertz CT molecular complexity index is 899. The molecule has 0 radical (unpaired) electrons. The van der Waals surface area contributed by atoms with E-state index >= 15 is 0 Å². The highest BCUT2D eigenvalue weighted by molar-refractivity contribution is 14.0.